The molecule has 0 atom stereocenters. The smallest absolute Gasteiger partial charge is 0.0988 e. The Morgan fingerprint density at radius 1 is 1.31 bits per heavy atom. The number of aliphatic hydroxyl groups is 1. The molecule has 1 aromatic heterocycles. The SMILES string of the molecule is Cc1ccc(C2(O)CCC(C(C)C)CC2)s1. The van der Waals surface area contributed by atoms with E-state index < -0.39 is 5.60 Å². The van der Waals surface area contributed by atoms with Gasteiger partial charge in [0.05, 0.1) is 5.60 Å². The van der Waals surface area contributed by atoms with E-state index in [1.807, 2.05) is 0 Å². The van der Waals surface area contributed by atoms with Crippen molar-refractivity contribution < 1.29 is 5.11 Å². The summed E-state index contributed by atoms with van der Waals surface area (Å²) < 4.78 is 0. The van der Waals surface area contributed by atoms with E-state index in [-0.39, 0.29) is 0 Å². The molecule has 0 amide bonds. The van der Waals surface area contributed by atoms with E-state index in [0.717, 1.165) is 24.7 Å². The monoisotopic (exact) mass is 238 g/mol. The molecule has 1 nitrogen and oxygen atoms in total. The summed E-state index contributed by atoms with van der Waals surface area (Å²) in [4.78, 5) is 2.47. The summed E-state index contributed by atoms with van der Waals surface area (Å²) in [5.74, 6) is 1.57. The molecule has 0 aliphatic heterocycles. The van der Waals surface area contributed by atoms with Crippen molar-refractivity contribution in [1.29, 1.82) is 0 Å². The van der Waals surface area contributed by atoms with E-state index in [2.05, 4.69) is 32.9 Å². The lowest BCUT2D eigenvalue weighted by molar-refractivity contribution is -0.0168. The Morgan fingerprint density at radius 3 is 2.38 bits per heavy atom. The van der Waals surface area contributed by atoms with Gasteiger partial charge in [0.2, 0.25) is 0 Å². The third kappa shape index (κ3) is 2.33. The van der Waals surface area contributed by atoms with Crippen LogP contribution in [0.5, 0.6) is 0 Å². The quantitative estimate of drug-likeness (QED) is 0.822. The lowest BCUT2D eigenvalue weighted by Crippen LogP contribution is -2.32. The van der Waals surface area contributed by atoms with Crippen LogP contribution < -0.4 is 0 Å². The van der Waals surface area contributed by atoms with E-state index >= 15 is 0 Å². The molecule has 1 aliphatic carbocycles. The van der Waals surface area contributed by atoms with Gasteiger partial charge in [0, 0.05) is 9.75 Å². The van der Waals surface area contributed by atoms with Crippen molar-refractivity contribution in [2.75, 3.05) is 0 Å². The molecule has 1 aromatic rings. The fourth-order valence-corrected chi connectivity index (χ4v) is 3.73. The summed E-state index contributed by atoms with van der Waals surface area (Å²) in [6, 6.07) is 4.22. The fourth-order valence-electron chi connectivity index (χ4n) is 2.72. The second-order valence-electron chi connectivity index (χ2n) is 5.52. The number of thiophene rings is 1. The Balaban J connectivity index is 2.06. The lowest BCUT2D eigenvalue weighted by Gasteiger charge is -2.37. The maximum Gasteiger partial charge on any atom is 0.0988 e. The predicted octanol–water partition coefficient (Wildman–Crippen LogP) is 4.09. The molecule has 1 heterocycles. The third-order valence-electron chi connectivity index (χ3n) is 4.00. The van der Waals surface area contributed by atoms with E-state index in [1.165, 1.54) is 22.6 Å². The van der Waals surface area contributed by atoms with Crippen molar-refractivity contribution in [3.8, 4) is 0 Å². The van der Waals surface area contributed by atoms with E-state index in [1.54, 1.807) is 11.3 Å². The molecule has 1 saturated carbocycles. The summed E-state index contributed by atoms with van der Waals surface area (Å²) in [5, 5.41) is 10.7. The first-order valence-electron chi connectivity index (χ1n) is 6.30. The summed E-state index contributed by atoms with van der Waals surface area (Å²) in [7, 11) is 0. The summed E-state index contributed by atoms with van der Waals surface area (Å²) in [6.07, 6.45) is 4.22. The van der Waals surface area contributed by atoms with Gasteiger partial charge in [0.15, 0.2) is 0 Å². The maximum absolute atomic E-state index is 10.7. The number of hydrogen-bond acceptors (Lipinski definition) is 2. The van der Waals surface area contributed by atoms with E-state index in [9.17, 15) is 5.11 Å². The molecule has 16 heavy (non-hydrogen) atoms. The number of aryl methyl sites for hydroxylation is 1. The van der Waals surface area contributed by atoms with Gasteiger partial charge in [-0.2, -0.15) is 0 Å². The van der Waals surface area contributed by atoms with Crippen molar-refractivity contribution >= 4 is 11.3 Å². The van der Waals surface area contributed by atoms with Gasteiger partial charge < -0.3 is 5.11 Å². The van der Waals surface area contributed by atoms with Crippen molar-refractivity contribution in [3.05, 3.63) is 21.9 Å². The van der Waals surface area contributed by atoms with Crippen molar-refractivity contribution in [1.82, 2.24) is 0 Å². The predicted molar refractivity (Wildman–Crippen MR) is 69.7 cm³/mol. The molecule has 2 heteroatoms. The van der Waals surface area contributed by atoms with Gasteiger partial charge in [0.1, 0.15) is 0 Å². The zero-order valence-corrected chi connectivity index (χ0v) is 11.3. The molecule has 1 N–H and O–H groups in total. The Bertz CT molecular complexity index is 345. The molecular weight excluding hydrogens is 216 g/mol. The van der Waals surface area contributed by atoms with Crippen LogP contribution in [0.1, 0.15) is 49.3 Å². The van der Waals surface area contributed by atoms with Crippen LogP contribution in [-0.4, -0.2) is 5.11 Å². The van der Waals surface area contributed by atoms with Gasteiger partial charge in [-0.25, -0.2) is 0 Å². The Hall–Kier alpha value is -0.340. The highest BCUT2D eigenvalue weighted by Crippen LogP contribution is 2.43. The van der Waals surface area contributed by atoms with E-state index in [4.69, 9.17) is 0 Å². The largest absolute Gasteiger partial charge is 0.384 e. The molecule has 1 fully saturated rings. The second-order valence-corrected chi connectivity index (χ2v) is 6.81. The van der Waals surface area contributed by atoms with E-state index in [0.29, 0.717) is 0 Å². The lowest BCUT2D eigenvalue weighted by atomic mass is 9.74. The highest BCUT2D eigenvalue weighted by atomic mass is 32.1. The number of rotatable bonds is 2. The van der Waals surface area contributed by atoms with Crippen molar-refractivity contribution in [2.45, 2.75) is 52.1 Å². The van der Waals surface area contributed by atoms with Crippen LogP contribution >= 0.6 is 11.3 Å². The minimum atomic E-state index is -0.523. The van der Waals surface area contributed by atoms with Gasteiger partial charge in [-0.1, -0.05) is 13.8 Å². The Morgan fingerprint density at radius 2 is 1.94 bits per heavy atom. The average Bonchev–Trinajstić information content (AvgIpc) is 2.66. The first-order valence-corrected chi connectivity index (χ1v) is 7.12. The van der Waals surface area contributed by atoms with Crippen LogP contribution in [0.25, 0.3) is 0 Å². The van der Waals surface area contributed by atoms with Crippen molar-refractivity contribution in [2.24, 2.45) is 11.8 Å². The van der Waals surface area contributed by atoms with Crippen LogP contribution in [0.4, 0.5) is 0 Å². The van der Waals surface area contributed by atoms with Gasteiger partial charge in [0.25, 0.3) is 0 Å². The topological polar surface area (TPSA) is 20.2 Å². The van der Waals surface area contributed by atoms with Crippen molar-refractivity contribution in [3.63, 3.8) is 0 Å². The first kappa shape index (κ1) is 12.1. The second kappa shape index (κ2) is 4.50. The van der Waals surface area contributed by atoms with Gasteiger partial charge in [-0.15, -0.1) is 11.3 Å². The van der Waals surface area contributed by atoms with Gasteiger partial charge in [-0.05, 0) is 56.6 Å². The normalized spacial score (nSPS) is 30.9. The molecule has 0 unspecified atom stereocenters. The minimum absolute atomic E-state index is 0.523. The highest BCUT2D eigenvalue weighted by Gasteiger charge is 2.36. The zero-order chi connectivity index (χ0) is 11.8. The summed E-state index contributed by atoms with van der Waals surface area (Å²) in [5.41, 5.74) is -0.523. The third-order valence-corrected chi connectivity index (χ3v) is 5.19. The molecule has 0 radical (unpaired) electrons. The van der Waals surface area contributed by atoms with Crippen LogP contribution in [0.15, 0.2) is 12.1 Å². The molecule has 0 saturated heterocycles. The molecule has 90 valence electrons. The standard InChI is InChI=1S/C14H22OS/c1-10(2)12-6-8-14(15,9-7-12)13-5-4-11(3)16-13/h4-5,10,12,15H,6-9H2,1-3H3. The van der Waals surface area contributed by atoms with Crippen LogP contribution in [-0.2, 0) is 5.60 Å². The highest BCUT2D eigenvalue weighted by molar-refractivity contribution is 7.12. The molecule has 2 rings (SSSR count). The Labute approximate surface area is 103 Å². The zero-order valence-electron chi connectivity index (χ0n) is 10.5. The van der Waals surface area contributed by atoms with Crippen LogP contribution in [0.2, 0.25) is 0 Å². The molecule has 1 aliphatic rings. The Kier molecular flexibility index (Phi) is 3.41. The molecule has 0 bridgehead atoms. The first-order chi connectivity index (χ1) is 7.51. The van der Waals surface area contributed by atoms with Crippen LogP contribution in [0.3, 0.4) is 0 Å². The molecule has 0 spiro atoms. The summed E-state index contributed by atoms with van der Waals surface area (Å²) in [6.45, 7) is 6.70. The fraction of sp³-hybridized carbons (Fsp3) is 0.714. The average molecular weight is 238 g/mol. The van der Waals surface area contributed by atoms with Gasteiger partial charge >= 0.3 is 0 Å². The molecule has 0 aromatic carbocycles. The minimum Gasteiger partial charge on any atom is -0.384 e. The maximum atomic E-state index is 10.7. The summed E-state index contributed by atoms with van der Waals surface area (Å²) >= 11 is 1.75. The number of hydrogen-bond donors (Lipinski definition) is 1. The van der Waals surface area contributed by atoms with Gasteiger partial charge in [-0.3, -0.25) is 0 Å². The molecular formula is C14H22OS. The van der Waals surface area contributed by atoms with Crippen LogP contribution in [0, 0.1) is 18.8 Å².